The highest BCUT2D eigenvalue weighted by atomic mass is 16.5. The first-order valence-electron chi connectivity index (χ1n) is 8.45. The van der Waals surface area contributed by atoms with Gasteiger partial charge in [-0.3, -0.25) is 4.79 Å². The Hall–Kier alpha value is -3.81. The third kappa shape index (κ3) is 4.67. The zero-order valence-corrected chi connectivity index (χ0v) is 15.5. The van der Waals surface area contributed by atoms with Gasteiger partial charge in [0.1, 0.15) is 5.75 Å². The molecule has 1 heterocycles. The Bertz CT molecular complexity index is 938. The molecule has 0 bridgehead atoms. The van der Waals surface area contributed by atoms with Gasteiger partial charge in [-0.25, -0.2) is 0 Å². The largest absolute Gasteiger partial charge is 0.481 e. The monoisotopic (exact) mass is 380 g/mol. The lowest BCUT2D eigenvalue weighted by Gasteiger charge is -2.12. The number of methoxy groups -OCH3 is 2. The van der Waals surface area contributed by atoms with Crippen molar-refractivity contribution in [1.29, 1.82) is 0 Å². The number of rotatable bonds is 8. The summed E-state index contributed by atoms with van der Waals surface area (Å²) in [6, 6.07) is 16.1. The van der Waals surface area contributed by atoms with Crippen molar-refractivity contribution in [3.8, 4) is 23.5 Å². The number of nitrogens with zero attached hydrogens (tertiary/aromatic N) is 2. The van der Waals surface area contributed by atoms with Gasteiger partial charge >= 0.3 is 6.01 Å². The number of anilines is 1. The predicted molar refractivity (Wildman–Crippen MR) is 104 cm³/mol. The Labute approximate surface area is 162 Å². The lowest BCUT2D eigenvalue weighted by molar-refractivity contribution is 0.100. The molecule has 0 saturated carbocycles. The molecule has 8 nitrogen and oxygen atoms in total. The van der Waals surface area contributed by atoms with Gasteiger partial charge in [0, 0.05) is 23.4 Å². The number of para-hydroxylation sites is 1. The molecule has 0 aliphatic rings. The summed E-state index contributed by atoms with van der Waals surface area (Å²) in [6.07, 6.45) is 0. The van der Waals surface area contributed by atoms with Crippen LogP contribution in [0.25, 0.3) is 0 Å². The van der Waals surface area contributed by atoms with Gasteiger partial charge in [0.15, 0.2) is 0 Å². The molecule has 0 spiro atoms. The normalized spacial score (nSPS) is 10.2. The van der Waals surface area contributed by atoms with E-state index in [0.29, 0.717) is 29.6 Å². The van der Waals surface area contributed by atoms with Crippen molar-refractivity contribution < 1.29 is 19.0 Å². The van der Waals surface area contributed by atoms with Gasteiger partial charge in [0.25, 0.3) is 0 Å². The predicted octanol–water partition coefficient (Wildman–Crippen LogP) is 3.00. The van der Waals surface area contributed by atoms with Crippen molar-refractivity contribution in [2.24, 2.45) is 5.73 Å². The van der Waals surface area contributed by atoms with Crippen LogP contribution in [0.15, 0.2) is 54.6 Å². The molecule has 3 aromatic rings. The Morgan fingerprint density at radius 3 is 2.25 bits per heavy atom. The molecule has 144 valence electrons. The Kier molecular flexibility index (Phi) is 5.91. The van der Waals surface area contributed by atoms with Crippen LogP contribution in [0.1, 0.15) is 15.9 Å². The quantitative estimate of drug-likeness (QED) is 0.618. The van der Waals surface area contributed by atoms with Crippen molar-refractivity contribution in [1.82, 2.24) is 9.97 Å². The fourth-order valence-corrected chi connectivity index (χ4v) is 2.44. The summed E-state index contributed by atoms with van der Waals surface area (Å²) in [6.45, 7) is 0.493. The maximum atomic E-state index is 11.2. The first-order valence-corrected chi connectivity index (χ1v) is 8.45. The third-order valence-electron chi connectivity index (χ3n) is 3.90. The van der Waals surface area contributed by atoms with Crippen LogP contribution in [0.2, 0.25) is 0 Å². The number of carbonyl (C=O) groups is 1. The molecule has 8 heteroatoms. The molecule has 0 saturated heterocycles. The van der Waals surface area contributed by atoms with Crippen molar-refractivity contribution >= 4 is 11.6 Å². The van der Waals surface area contributed by atoms with Gasteiger partial charge in [0.05, 0.1) is 20.3 Å². The number of nitrogens with one attached hydrogen (secondary N) is 1. The molecule has 0 radical (unpaired) electrons. The summed E-state index contributed by atoms with van der Waals surface area (Å²) in [4.78, 5) is 19.5. The van der Waals surface area contributed by atoms with Crippen molar-refractivity contribution in [2.75, 3.05) is 19.5 Å². The van der Waals surface area contributed by atoms with Crippen LogP contribution in [0.3, 0.4) is 0 Å². The molecule has 2 aromatic carbocycles. The zero-order chi connectivity index (χ0) is 19.9. The van der Waals surface area contributed by atoms with E-state index in [1.54, 1.807) is 30.3 Å². The van der Waals surface area contributed by atoms with E-state index in [0.717, 1.165) is 11.3 Å². The molecule has 3 N–H and O–H groups in total. The van der Waals surface area contributed by atoms with E-state index in [1.165, 1.54) is 14.2 Å². The number of hydrogen-bond donors (Lipinski definition) is 2. The van der Waals surface area contributed by atoms with Gasteiger partial charge in [-0.15, -0.1) is 0 Å². The molecule has 0 unspecified atom stereocenters. The van der Waals surface area contributed by atoms with E-state index in [-0.39, 0.29) is 6.01 Å². The molecule has 1 amide bonds. The number of aromatic nitrogens is 2. The summed E-state index contributed by atoms with van der Waals surface area (Å²) in [7, 11) is 3.01. The van der Waals surface area contributed by atoms with Gasteiger partial charge < -0.3 is 25.3 Å². The van der Waals surface area contributed by atoms with Crippen LogP contribution in [-0.2, 0) is 6.54 Å². The second-order valence-corrected chi connectivity index (χ2v) is 5.74. The molecular weight excluding hydrogens is 360 g/mol. The summed E-state index contributed by atoms with van der Waals surface area (Å²) in [5.41, 5.74) is 7.46. The van der Waals surface area contributed by atoms with Crippen molar-refractivity contribution in [3.05, 3.63) is 65.7 Å². The Morgan fingerprint density at radius 1 is 1.00 bits per heavy atom. The van der Waals surface area contributed by atoms with E-state index < -0.39 is 5.91 Å². The number of benzene rings is 2. The van der Waals surface area contributed by atoms with E-state index in [2.05, 4.69) is 15.3 Å². The maximum absolute atomic E-state index is 11.2. The first kappa shape index (κ1) is 19.0. The van der Waals surface area contributed by atoms with Crippen molar-refractivity contribution in [3.63, 3.8) is 0 Å². The number of amides is 1. The van der Waals surface area contributed by atoms with E-state index >= 15 is 0 Å². The highest BCUT2D eigenvalue weighted by Crippen LogP contribution is 2.27. The van der Waals surface area contributed by atoms with Crippen LogP contribution in [-0.4, -0.2) is 30.1 Å². The number of nitrogens with two attached hydrogens (primary N) is 1. The van der Waals surface area contributed by atoms with E-state index in [9.17, 15) is 4.79 Å². The summed E-state index contributed by atoms with van der Waals surface area (Å²) < 4.78 is 16.1. The Balaban J connectivity index is 1.75. The lowest BCUT2D eigenvalue weighted by Crippen LogP contribution is -2.10. The minimum Gasteiger partial charge on any atom is -0.481 e. The van der Waals surface area contributed by atoms with E-state index in [4.69, 9.17) is 19.9 Å². The van der Waals surface area contributed by atoms with E-state index in [1.807, 2.05) is 24.3 Å². The number of hydrogen-bond acceptors (Lipinski definition) is 7. The fraction of sp³-hybridized carbons (Fsp3) is 0.150. The number of carbonyl (C=O) groups excluding carboxylic acids is 1. The first-order chi connectivity index (χ1) is 13.6. The number of ether oxygens (including phenoxy) is 3. The average Bonchev–Trinajstić information content (AvgIpc) is 2.73. The van der Waals surface area contributed by atoms with Gasteiger partial charge in [-0.05, 0) is 30.3 Å². The van der Waals surface area contributed by atoms with Gasteiger partial charge in [-0.1, -0.05) is 18.2 Å². The smallest absolute Gasteiger partial charge is 0.328 e. The molecule has 0 fully saturated rings. The topological polar surface area (TPSA) is 109 Å². The standard InChI is InChI=1S/C20H20N4O4/c1-26-17-11-18(27-2)24-20(23-17)28-16-6-4-3-5-14(16)12-22-15-9-7-13(8-10-15)19(21)25/h3-11,22H,12H2,1-2H3,(H2,21,25). The number of primary amides is 1. The molecule has 0 aliphatic heterocycles. The molecular formula is C20H20N4O4. The summed E-state index contributed by atoms with van der Waals surface area (Å²) in [5.74, 6) is 0.817. The van der Waals surface area contributed by atoms with Crippen LogP contribution in [0, 0.1) is 0 Å². The van der Waals surface area contributed by atoms with Crippen LogP contribution < -0.4 is 25.3 Å². The summed E-state index contributed by atoms with van der Waals surface area (Å²) >= 11 is 0. The lowest BCUT2D eigenvalue weighted by atomic mass is 10.1. The summed E-state index contributed by atoms with van der Waals surface area (Å²) in [5, 5.41) is 3.28. The van der Waals surface area contributed by atoms with Crippen LogP contribution >= 0.6 is 0 Å². The van der Waals surface area contributed by atoms with Crippen molar-refractivity contribution in [2.45, 2.75) is 6.54 Å². The van der Waals surface area contributed by atoms with Gasteiger partial charge in [0.2, 0.25) is 17.7 Å². The highest BCUT2D eigenvalue weighted by Gasteiger charge is 2.10. The SMILES string of the molecule is COc1cc(OC)nc(Oc2ccccc2CNc2ccc(C(N)=O)cc2)n1. The second-order valence-electron chi connectivity index (χ2n) is 5.74. The minimum atomic E-state index is -0.459. The van der Waals surface area contributed by atoms with Gasteiger partial charge in [-0.2, -0.15) is 9.97 Å². The van der Waals surface area contributed by atoms with Crippen LogP contribution in [0.5, 0.6) is 23.5 Å². The molecule has 3 rings (SSSR count). The fourth-order valence-electron chi connectivity index (χ4n) is 2.44. The third-order valence-corrected chi connectivity index (χ3v) is 3.90. The molecule has 28 heavy (non-hydrogen) atoms. The maximum Gasteiger partial charge on any atom is 0.328 e. The second kappa shape index (κ2) is 8.72. The molecule has 0 aliphatic carbocycles. The molecule has 0 atom stereocenters. The molecule has 1 aromatic heterocycles. The zero-order valence-electron chi connectivity index (χ0n) is 15.5. The highest BCUT2D eigenvalue weighted by molar-refractivity contribution is 5.93. The average molecular weight is 380 g/mol. The minimum absolute atomic E-state index is 0.120. The van der Waals surface area contributed by atoms with Crippen LogP contribution in [0.4, 0.5) is 5.69 Å². The Morgan fingerprint density at radius 2 is 1.64 bits per heavy atom.